The van der Waals surface area contributed by atoms with E-state index < -0.39 is 0 Å². The quantitative estimate of drug-likeness (QED) is 0.460. The second-order valence-electron chi connectivity index (χ2n) is 7.27. The van der Waals surface area contributed by atoms with Crippen LogP contribution in [-0.2, 0) is 6.42 Å². The molecule has 9 heteroatoms. The number of nitriles is 1. The van der Waals surface area contributed by atoms with Gasteiger partial charge in [-0.1, -0.05) is 43.3 Å². The fourth-order valence-corrected chi connectivity index (χ4v) is 3.70. The number of hydrogen-bond donors (Lipinski definition) is 1. The van der Waals surface area contributed by atoms with Crippen LogP contribution in [0.25, 0.3) is 28.2 Å². The molecular weight excluding hydrogens is 402 g/mol. The van der Waals surface area contributed by atoms with Gasteiger partial charge in [0, 0.05) is 36.1 Å². The molecule has 0 aliphatic heterocycles. The Kier molecular flexibility index (Phi) is 4.80. The third kappa shape index (κ3) is 3.33. The van der Waals surface area contributed by atoms with Gasteiger partial charge in [0.2, 0.25) is 0 Å². The Labute approximate surface area is 184 Å². The minimum Gasteiger partial charge on any atom is -0.329 e. The van der Waals surface area contributed by atoms with Gasteiger partial charge in [-0.3, -0.25) is 0 Å². The van der Waals surface area contributed by atoms with Crippen molar-refractivity contribution in [3.63, 3.8) is 0 Å². The lowest BCUT2D eigenvalue weighted by Gasteiger charge is -2.21. The van der Waals surface area contributed by atoms with Crippen LogP contribution in [0.5, 0.6) is 0 Å². The van der Waals surface area contributed by atoms with Crippen LogP contribution in [0.4, 0.5) is 11.5 Å². The summed E-state index contributed by atoms with van der Waals surface area (Å²) in [6.45, 7) is 2.06. The third-order valence-corrected chi connectivity index (χ3v) is 5.38. The van der Waals surface area contributed by atoms with Gasteiger partial charge in [-0.05, 0) is 40.1 Å². The van der Waals surface area contributed by atoms with Crippen LogP contribution in [0, 0.1) is 11.3 Å². The zero-order valence-corrected chi connectivity index (χ0v) is 17.6. The lowest BCUT2D eigenvalue weighted by molar-refractivity contribution is 0.881. The number of hydrogen-bond acceptors (Lipinski definition) is 7. The van der Waals surface area contributed by atoms with E-state index in [9.17, 15) is 5.26 Å². The molecule has 5 aromatic rings. The van der Waals surface area contributed by atoms with Crippen molar-refractivity contribution in [1.29, 1.82) is 5.26 Å². The van der Waals surface area contributed by atoms with Gasteiger partial charge in [0.15, 0.2) is 17.2 Å². The molecule has 32 heavy (non-hydrogen) atoms. The van der Waals surface area contributed by atoms with Crippen molar-refractivity contribution in [1.82, 2.24) is 35.2 Å². The average Bonchev–Trinajstić information content (AvgIpc) is 3.53. The highest BCUT2D eigenvalue weighted by Gasteiger charge is 2.15. The minimum atomic E-state index is 0.342. The van der Waals surface area contributed by atoms with Gasteiger partial charge < -0.3 is 4.90 Å². The van der Waals surface area contributed by atoms with Crippen LogP contribution in [0.15, 0.2) is 60.7 Å². The number of H-pyrrole nitrogens is 1. The number of aromatic nitrogens is 7. The predicted molar refractivity (Wildman–Crippen MR) is 120 cm³/mol. The highest BCUT2D eigenvalue weighted by atomic mass is 15.5. The second kappa shape index (κ2) is 7.92. The number of nitrogens with zero attached hydrogens (tertiary/aromatic N) is 8. The Morgan fingerprint density at radius 2 is 1.84 bits per heavy atom. The predicted octanol–water partition coefficient (Wildman–Crippen LogP) is 3.78. The summed E-state index contributed by atoms with van der Waals surface area (Å²) < 4.78 is 1.71. The van der Waals surface area contributed by atoms with E-state index in [1.54, 1.807) is 10.6 Å². The molecule has 0 saturated carbocycles. The van der Waals surface area contributed by atoms with Crippen molar-refractivity contribution >= 4 is 17.2 Å². The van der Waals surface area contributed by atoms with E-state index in [1.165, 1.54) is 0 Å². The summed E-state index contributed by atoms with van der Waals surface area (Å²) in [6.07, 6.45) is 0.788. The fourth-order valence-electron chi connectivity index (χ4n) is 3.70. The number of aryl methyl sites for hydroxylation is 1. The monoisotopic (exact) mass is 421 g/mol. The zero-order valence-electron chi connectivity index (χ0n) is 17.6. The number of nitrogens with one attached hydrogen (secondary N) is 1. The van der Waals surface area contributed by atoms with Crippen molar-refractivity contribution in [2.24, 2.45) is 0 Å². The van der Waals surface area contributed by atoms with E-state index in [2.05, 4.69) is 68.0 Å². The number of anilines is 2. The Hall–Kier alpha value is -4.58. The van der Waals surface area contributed by atoms with Crippen LogP contribution in [0.2, 0.25) is 0 Å². The van der Waals surface area contributed by atoms with Crippen molar-refractivity contribution in [3.8, 4) is 28.6 Å². The number of aromatic amines is 1. The summed E-state index contributed by atoms with van der Waals surface area (Å²) in [5, 5.41) is 27.9. The molecule has 0 bridgehead atoms. The van der Waals surface area contributed by atoms with Gasteiger partial charge in [0.1, 0.15) is 11.9 Å². The highest BCUT2D eigenvalue weighted by molar-refractivity contribution is 5.81. The Balaban J connectivity index is 1.54. The lowest BCUT2D eigenvalue weighted by atomic mass is 9.99. The zero-order chi connectivity index (χ0) is 22.1. The molecule has 1 N–H and O–H groups in total. The average molecular weight is 421 g/mol. The van der Waals surface area contributed by atoms with E-state index in [0.717, 1.165) is 40.3 Å². The van der Waals surface area contributed by atoms with Gasteiger partial charge >= 0.3 is 0 Å². The SMILES string of the molecule is CCc1cc(N(C)c2ccc(-c3ccccc3-c3nnn[nH]3)cc2)n2nc(C#N)cc2n1. The lowest BCUT2D eigenvalue weighted by Crippen LogP contribution is -2.15. The molecule has 3 heterocycles. The number of tetrazole rings is 1. The summed E-state index contributed by atoms with van der Waals surface area (Å²) in [4.78, 5) is 6.63. The van der Waals surface area contributed by atoms with Crippen LogP contribution >= 0.6 is 0 Å². The first-order valence-corrected chi connectivity index (χ1v) is 10.1. The fraction of sp³-hybridized carbons (Fsp3) is 0.130. The topological polar surface area (TPSA) is 112 Å². The number of fused-ring (bicyclic) bond motifs is 1. The van der Waals surface area contributed by atoms with E-state index in [4.69, 9.17) is 0 Å². The smallest absolute Gasteiger partial charge is 0.180 e. The van der Waals surface area contributed by atoms with Gasteiger partial charge in [0.25, 0.3) is 0 Å². The molecule has 0 radical (unpaired) electrons. The third-order valence-electron chi connectivity index (χ3n) is 5.38. The molecule has 0 saturated heterocycles. The highest BCUT2D eigenvalue weighted by Crippen LogP contribution is 2.32. The van der Waals surface area contributed by atoms with Crippen molar-refractivity contribution < 1.29 is 0 Å². The molecule has 3 aromatic heterocycles. The summed E-state index contributed by atoms with van der Waals surface area (Å²) in [7, 11) is 1.98. The van der Waals surface area contributed by atoms with Crippen molar-refractivity contribution in [3.05, 3.63) is 72.1 Å². The maximum atomic E-state index is 9.26. The molecule has 0 atom stereocenters. The Bertz CT molecular complexity index is 1430. The largest absolute Gasteiger partial charge is 0.329 e. The summed E-state index contributed by atoms with van der Waals surface area (Å²) in [5.41, 5.74) is 5.94. The number of benzene rings is 2. The summed E-state index contributed by atoms with van der Waals surface area (Å²) >= 11 is 0. The van der Waals surface area contributed by atoms with E-state index in [-0.39, 0.29) is 0 Å². The van der Waals surface area contributed by atoms with Crippen LogP contribution in [-0.4, -0.2) is 42.3 Å². The molecule has 9 nitrogen and oxygen atoms in total. The van der Waals surface area contributed by atoms with Crippen molar-refractivity contribution in [2.45, 2.75) is 13.3 Å². The molecule has 156 valence electrons. The van der Waals surface area contributed by atoms with Gasteiger partial charge in [-0.15, -0.1) is 5.10 Å². The molecule has 2 aromatic carbocycles. The van der Waals surface area contributed by atoms with E-state index in [1.807, 2.05) is 42.3 Å². The molecule has 0 amide bonds. The second-order valence-corrected chi connectivity index (χ2v) is 7.27. The normalized spacial score (nSPS) is 10.9. The molecule has 5 rings (SSSR count). The van der Waals surface area contributed by atoms with Crippen LogP contribution < -0.4 is 4.90 Å². The molecule has 0 fully saturated rings. The van der Waals surface area contributed by atoms with Crippen LogP contribution in [0.1, 0.15) is 18.3 Å². The maximum Gasteiger partial charge on any atom is 0.180 e. The van der Waals surface area contributed by atoms with E-state index in [0.29, 0.717) is 17.2 Å². The molecule has 0 aliphatic rings. The maximum absolute atomic E-state index is 9.26. The first kappa shape index (κ1) is 19.4. The molecule has 0 spiro atoms. The molecule has 0 unspecified atom stereocenters. The summed E-state index contributed by atoms with van der Waals surface area (Å²) in [5.74, 6) is 1.47. The minimum absolute atomic E-state index is 0.342. The van der Waals surface area contributed by atoms with Gasteiger partial charge in [0.05, 0.1) is 0 Å². The first-order chi connectivity index (χ1) is 15.7. The van der Waals surface area contributed by atoms with E-state index >= 15 is 0 Å². The number of rotatable bonds is 5. The molecular formula is C23H19N9. The first-order valence-electron chi connectivity index (χ1n) is 10.1. The Morgan fingerprint density at radius 1 is 1.06 bits per heavy atom. The Morgan fingerprint density at radius 3 is 2.53 bits per heavy atom. The van der Waals surface area contributed by atoms with Crippen LogP contribution in [0.3, 0.4) is 0 Å². The van der Waals surface area contributed by atoms with Gasteiger partial charge in [-0.25, -0.2) is 10.1 Å². The standard InChI is InChI=1S/C23H19N9/c1-3-16-13-22(32-21(25-16)12-17(14-24)28-32)31(2)18-10-8-15(9-11-18)19-6-4-5-7-20(19)23-26-29-30-27-23/h4-13H,3H2,1-2H3,(H,26,27,29,30). The van der Waals surface area contributed by atoms with Crippen molar-refractivity contribution in [2.75, 3.05) is 11.9 Å². The van der Waals surface area contributed by atoms with Gasteiger partial charge in [-0.2, -0.15) is 14.9 Å². The summed E-state index contributed by atoms with van der Waals surface area (Å²) in [6, 6.07) is 22.0. The molecule has 0 aliphatic carbocycles.